The van der Waals surface area contributed by atoms with Crippen LogP contribution in [0.25, 0.3) is 6.08 Å². The fourth-order valence-electron chi connectivity index (χ4n) is 2.89. The first-order valence-electron chi connectivity index (χ1n) is 9.06. The van der Waals surface area contributed by atoms with Crippen LogP contribution in [-0.4, -0.2) is 42.6 Å². The minimum atomic E-state index is -0.805. The smallest absolute Gasteiger partial charge is 0.244 e. The molecule has 0 unspecified atom stereocenters. The zero-order valence-corrected chi connectivity index (χ0v) is 15.3. The van der Waals surface area contributed by atoms with Crippen LogP contribution >= 0.6 is 0 Å². The summed E-state index contributed by atoms with van der Waals surface area (Å²) in [6, 6.07) is 7.75. The Balaban J connectivity index is 1.82. The number of hydrogen-bond donors (Lipinski definition) is 3. The highest BCUT2D eigenvalue weighted by atomic mass is 16.2. The lowest BCUT2D eigenvalue weighted by molar-refractivity contribution is -0.130. The van der Waals surface area contributed by atoms with Gasteiger partial charge in [0.15, 0.2) is 0 Å². The summed E-state index contributed by atoms with van der Waals surface area (Å²) in [7, 11) is 0. The SMILES string of the molecule is C[C@H](NC(=O)C=Cc1ccccc1)C(=O)N[C@H](C=O)C[C@@H]1CCCNC1=O. The molecule has 3 atom stereocenters. The first-order chi connectivity index (χ1) is 13.0. The average Bonchev–Trinajstić information content (AvgIpc) is 2.68. The first kappa shape index (κ1) is 20.4. The number of rotatable bonds is 8. The van der Waals surface area contributed by atoms with E-state index in [0.717, 1.165) is 12.0 Å². The average molecular weight is 371 g/mol. The Hall–Kier alpha value is -2.96. The molecule has 7 heteroatoms. The molecule has 1 aliphatic rings. The van der Waals surface area contributed by atoms with Gasteiger partial charge in [-0.2, -0.15) is 0 Å². The molecule has 1 saturated heterocycles. The van der Waals surface area contributed by atoms with Crippen molar-refractivity contribution in [3.8, 4) is 0 Å². The van der Waals surface area contributed by atoms with Gasteiger partial charge in [0.2, 0.25) is 17.7 Å². The molecule has 0 aromatic heterocycles. The molecule has 1 aromatic rings. The van der Waals surface area contributed by atoms with Gasteiger partial charge in [-0.3, -0.25) is 14.4 Å². The summed E-state index contributed by atoms with van der Waals surface area (Å²) in [6.45, 7) is 2.19. The lowest BCUT2D eigenvalue weighted by Crippen LogP contribution is -2.49. The lowest BCUT2D eigenvalue weighted by atomic mass is 9.92. The number of carbonyl (C=O) groups excluding carboxylic acids is 4. The van der Waals surface area contributed by atoms with E-state index in [-0.39, 0.29) is 18.2 Å². The van der Waals surface area contributed by atoms with Crippen molar-refractivity contribution in [1.82, 2.24) is 16.0 Å². The first-order valence-corrected chi connectivity index (χ1v) is 9.06. The topological polar surface area (TPSA) is 104 Å². The van der Waals surface area contributed by atoms with E-state index >= 15 is 0 Å². The van der Waals surface area contributed by atoms with Crippen LogP contribution < -0.4 is 16.0 Å². The van der Waals surface area contributed by atoms with Crippen LogP contribution in [0.15, 0.2) is 36.4 Å². The third kappa shape index (κ3) is 6.69. The highest BCUT2D eigenvalue weighted by Gasteiger charge is 2.27. The zero-order valence-electron chi connectivity index (χ0n) is 15.3. The van der Waals surface area contributed by atoms with Crippen molar-refractivity contribution in [2.75, 3.05) is 6.54 Å². The Labute approximate surface area is 158 Å². The molecule has 0 radical (unpaired) electrons. The second-order valence-corrected chi connectivity index (χ2v) is 6.59. The molecule has 3 N–H and O–H groups in total. The van der Waals surface area contributed by atoms with Crippen LogP contribution in [0.1, 0.15) is 31.7 Å². The predicted molar refractivity (Wildman–Crippen MR) is 101 cm³/mol. The monoisotopic (exact) mass is 371 g/mol. The van der Waals surface area contributed by atoms with Crippen molar-refractivity contribution in [2.45, 2.75) is 38.3 Å². The second kappa shape index (κ2) is 10.3. The van der Waals surface area contributed by atoms with Crippen LogP contribution in [0.4, 0.5) is 0 Å². The molecule has 2 rings (SSSR count). The Bertz CT molecular complexity index is 702. The molecule has 0 aliphatic carbocycles. The van der Waals surface area contributed by atoms with E-state index in [1.165, 1.54) is 6.08 Å². The van der Waals surface area contributed by atoms with Crippen molar-refractivity contribution in [3.05, 3.63) is 42.0 Å². The number of benzene rings is 1. The van der Waals surface area contributed by atoms with Gasteiger partial charge in [-0.25, -0.2) is 0 Å². The summed E-state index contributed by atoms with van der Waals surface area (Å²) in [5.41, 5.74) is 0.872. The fraction of sp³-hybridized carbons (Fsp3) is 0.400. The Morgan fingerprint density at radius 1 is 1.26 bits per heavy atom. The number of piperidine rings is 1. The van der Waals surface area contributed by atoms with E-state index in [0.29, 0.717) is 19.3 Å². The fourth-order valence-corrected chi connectivity index (χ4v) is 2.89. The number of aldehydes is 1. The molecular formula is C20H25N3O4. The molecule has 144 valence electrons. The molecule has 0 bridgehead atoms. The Morgan fingerprint density at radius 2 is 2.00 bits per heavy atom. The van der Waals surface area contributed by atoms with Gasteiger partial charge in [-0.15, -0.1) is 0 Å². The van der Waals surface area contributed by atoms with Gasteiger partial charge in [0.1, 0.15) is 12.3 Å². The maximum Gasteiger partial charge on any atom is 0.244 e. The molecule has 1 aliphatic heterocycles. The summed E-state index contributed by atoms with van der Waals surface area (Å²) < 4.78 is 0. The van der Waals surface area contributed by atoms with Gasteiger partial charge in [0.05, 0.1) is 6.04 Å². The largest absolute Gasteiger partial charge is 0.356 e. The van der Waals surface area contributed by atoms with Crippen LogP contribution in [-0.2, 0) is 19.2 Å². The van der Waals surface area contributed by atoms with Crippen molar-refractivity contribution < 1.29 is 19.2 Å². The minimum Gasteiger partial charge on any atom is -0.356 e. The lowest BCUT2D eigenvalue weighted by Gasteiger charge is -2.25. The van der Waals surface area contributed by atoms with Gasteiger partial charge >= 0.3 is 0 Å². The van der Waals surface area contributed by atoms with Crippen molar-refractivity contribution >= 4 is 30.1 Å². The summed E-state index contributed by atoms with van der Waals surface area (Å²) >= 11 is 0. The van der Waals surface area contributed by atoms with Crippen molar-refractivity contribution in [2.24, 2.45) is 5.92 Å². The molecule has 1 heterocycles. The Morgan fingerprint density at radius 3 is 2.67 bits per heavy atom. The van der Waals surface area contributed by atoms with Gasteiger partial charge in [0, 0.05) is 18.5 Å². The van der Waals surface area contributed by atoms with Crippen LogP contribution in [0.3, 0.4) is 0 Å². The standard InChI is InChI=1S/C20H25N3O4/c1-14(22-18(25)10-9-15-6-3-2-4-7-15)19(26)23-17(13-24)12-16-8-5-11-21-20(16)27/h2-4,6-7,9-10,13-14,16-17H,5,8,11-12H2,1H3,(H,21,27)(H,22,25)(H,23,26)/t14-,16-,17-/m0/s1. The third-order valence-corrected chi connectivity index (χ3v) is 4.41. The molecule has 0 saturated carbocycles. The van der Waals surface area contributed by atoms with Crippen LogP contribution in [0, 0.1) is 5.92 Å². The summed E-state index contributed by atoms with van der Waals surface area (Å²) in [5.74, 6) is -1.25. The number of carbonyl (C=O) groups is 4. The summed E-state index contributed by atoms with van der Waals surface area (Å²) in [4.78, 5) is 47.3. The van der Waals surface area contributed by atoms with E-state index in [2.05, 4.69) is 16.0 Å². The van der Waals surface area contributed by atoms with E-state index < -0.39 is 23.9 Å². The highest BCUT2D eigenvalue weighted by molar-refractivity contribution is 5.95. The summed E-state index contributed by atoms with van der Waals surface area (Å²) in [5, 5.41) is 7.91. The van der Waals surface area contributed by atoms with Crippen molar-refractivity contribution in [3.63, 3.8) is 0 Å². The van der Waals surface area contributed by atoms with Crippen molar-refractivity contribution in [1.29, 1.82) is 0 Å². The zero-order chi connectivity index (χ0) is 19.6. The van der Waals surface area contributed by atoms with Crippen LogP contribution in [0.2, 0.25) is 0 Å². The molecule has 7 nitrogen and oxygen atoms in total. The van der Waals surface area contributed by atoms with Gasteiger partial charge in [-0.1, -0.05) is 30.3 Å². The maximum atomic E-state index is 12.2. The normalized spacial score (nSPS) is 19.0. The maximum absolute atomic E-state index is 12.2. The highest BCUT2D eigenvalue weighted by Crippen LogP contribution is 2.16. The van der Waals surface area contributed by atoms with E-state index in [1.54, 1.807) is 13.0 Å². The number of nitrogens with one attached hydrogen (secondary N) is 3. The van der Waals surface area contributed by atoms with E-state index in [9.17, 15) is 19.2 Å². The third-order valence-electron chi connectivity index (χ3n) is 4.41. The van der Waals surface area contributed by atoms with E-state index in [4.69, 9.17) is 0 Å². The van der Waals surface area contributed by atoms with E-state index in [1.807, 2.05) is 30.3 Å². The molecule has 0 spiro atoms. The second-order valence-electron chi connectivity index (χ2n) is 6.59. The van der Waals surface area contributed by atoms with Gasteiger partial charge < -0.3 is 20.7 Å². The molecule has 27 heavy (non-hydrogen) atoms. The quantitative estimate of drug-likeness (QED) is 0.464. The molecule has 3 amide bonds. The number of amides is 3. The molecule has 1 fully saturated rings. The van der Waals surface area contributed by atoms with Crippen LogP contribution in [0.5, 0.6) is 0 Å². The predicted octanol–water partition coefficient (Wildman–Crippen LogP) is 0.804. The minimum absolute atomic E-state index is 0.0882. The van der Waals surface area contributed by atoms with Gasteiger partial charge in [-0.05, 0) is 37.8 Å². The molecular weight excluding hydrogens is 346 g/mol. The molecule has 1 aromatic carbocycles. The number of hydrogen-bond acceptors (Lipinski definition) is 4. The Kier molecular flexibility index (Phi) is 7.73. The summed E-state index contributed by atoms with van der Waals surface area (Å²) in [6.07, 6.45) is 5.44. The van der Waals surface area contributed by atoms with Gasteiger partial charge in [0.25, 0.3) is 0 Å².